The van der Waals surface area contributed by atoms with E-state index in [2.05, 4.69) is 12.2 Å². The molecule has 19 heavy (non-hydrogen) atoms. The minimum atomic E-state index is -0.250. The normalized spacial score (nSPS) is 9.53. The van der Waals surface area contributed by atoms with E-state index in [-0.39, 0.29) is 51.0 Å². The zero-order valence-electron chi connectivity index (χ0n) is 12.3. The van der Waals surface area contributed by atoms with Gasteiger partial charge in [0, 0.05) is 0 Å². The number of aliphatic hydroxyl groups is 2. The molecule has 0 saturated heterocycles. The van der Waals surface area contributed by atoms with Crippen molar-refractivity contribution in [3.8, 4) is 0 Å². The summed E-state index contributed by atoms with van der Waals surface area (Å²) in [6.45, 7) is 7.26. The van der Waals surface area contributed by atoms with Gasteiger partial charge in [-0.3, -0.25) is 6.08 Å². The molecule has 0 aromatic rings. The van der Waals surface area contributed by atoms with Crippen LogP contribution in [0.4, 0.5) is 0 Å². The first-order valence-electron chi connectivity index (χ1n) is 4.95. The van der Waals surface area contributed by atoms with E-state index in [1.807, 2.05) is 39.8 Å². The first kappa shape index (κ1) is 36.9. The summed E-state index contributed by atoms with van der Waals surface area (Å²) in [6.07, 6.45) is 10.0. The van der Waals surface area contributed by atoms with Crippen LogP contribution in [0.2, 0.25) is 0 Å². The van der Waals surface area contributed by atoms with E-state index in [0.717, 1.165) is 6.42 Å². The van der Waals surface area contributed by atoms with Crippen LogP contribution in [-0.2, 0) is 23.3 Å². The Morgan fingerprint density at radius 1 is 1.21 bits per heavy atom. The average Bonchev–Trinajstić information content (AvgIpc) is 2.76. The van der Waals surface area contributed by atoms with Gasteiger partial charge >= 0.3 is 30.2 Å². The summed E-state index contributed by atoms with van der Waals surface area (Å²) >= 11 is 1.58. The van der Waals surface area contributed by atoms with Crippen molar-refractivity contribution in [3.63, 3.8) is 0 Å². The Labute approximate surface area is 148 Å². The molecule has 0 bridgehead atoms. The fraction of sp³-hybridized carbons (Fsp3) is 0.583. The standard InChI is InChI=1S/C5H5.C4H10N.C2H6O2.CH3.2ClH.H2Si.Zr/c1-2-4-5-3-1;1-4(2,3)5;3-1-2-4;;;;;/h1-3H,4H2;5H,1-3H3;3-4H,1-2H2;1H3;2*1H;1H2;/q2*-1;;-1;;;;. The molecule has 0 heterocycles. The Bertz CT molecular complexity index is 171. The van der Waals surface area contributed by atoms with E-state index >= 15 is 0 Å². The summed E-state index contributed by atoms with van der Waals surface area (Å²) in [5.41, 5.74) is 6.69. The summed E-state index contributed by atoms with van der Waals surface area (Å²) in [7, 11) is 0. The predicted molar refractivity (Wildman–Crippen MR) is 89.3 cm³/mol. The van der Waals surface area contributed by atoms with Crippen molar-refractivity contribution in [2.75, 3.05) is 13.2 Å². The van der Waals surface area contributed by atoms with Crippen LogP contribution in [0.1, 0.15) is 27.2 Å². The number of hydrogen-bond acceptors (Lipinski definition) is 2. The van der Waals surface area contributed by atoms with Crippen LogP contribution in [-0.4, -0.2) is 35.8 Å². The minimum absolute atomic E-state index is 0. The van der Waals surface area contributed by atoms with E-state index in [9.17, 15) is 0 Å². The molecule has 1 aliphatic rings. The van der Waals surface area contributed by atoms with Crippen molar-refractivity contribution in [1.29, 1.82) is 0 Å². The number of rotatable bonds is 1. The van der Waals surface area contributed by atoms with Crippen LogP contribution < -0.4 is 0 Å². The summed E-state index contributed by atoms with van der Waals surface area (Å²) < 4.78 is 0. The fourth-order valence-corrected chi connectivity index (χ4v) is 0.340. The maximum atomic E-state index is 7.62. The van der Waals surface area contributed by atoms with E-state index < -0.39 is 0 Å². The third-order valence-corrected chi connectivity index (χ3v) is 0.686. The Morgan fingerprint density at radius 2 is 1.53 bits per heavy atom. The molecule has 1 rings (SSSR count). The average molecular weight is 409 g/mol. The molecule has 0 fully saturated rings. The summed E-state index contributed by atoms with van der Waals surface area (Å²) in [5.74, 6) is 0. The van der Waals surface area contributed by atoms with Gasteiger partial charge in [0.05, 0.1) is 13.2 Å². The number of nitrogens with one attached hydrogen (secondary N) is 1. The Morgan fingerprint density at radius 3 is 1.58 bits per heavy atom. The SMILES string of the molecule is CC(C)(C)[NH-].Cl.Cl.OCCO.[C-]1=CC=CC1.[CH3-].[SiH2]=[Zr]. The summed E-state index contributed by atoms with van der Waals surface area (Å²) in [4.78, 5) is 0. The van der Waals surface area contributed by atoms with E-state index in [4.69, 9.17) is 15.9 Å². The van der Waals surface area contributed by atoms with E-state index in [1.165, 1.54) is 0 Å². The van der Waals surface area contributed by atoms with Gasteiger partial charge in [-0.15, -0.1) is 36.8 Å². The molecular formula is C12H28Cl2NO2SiZr-3. The van der Waals surface area contributed by atoms with Crippen LogP contribution in [0.25, 0.3) is 5.73 Å². The first-order valence-corrected chi connectivity index (χ1v) is 10.9. The van der Waals surface area contributed by atoms with Gasteiger partial charge < -0.3 is 23.4 Å². The molecule has 0 spiro atoms. The molecule has 0 unspecified atom stereocenters. The number of halogens is 2. The molecular weight excluding hydrogens is 380 g/mol. The van der Waals surface area contributed by atoms with E-state index in [1.54, 1.807) is 23.3 Å². The molecule has 0 amide bonds. The Kier molecular flexibility index (Phi) is 61.0. The molecule has 0 aromatic heterocycles. The van der Waals surface area contributed by atoms with Crippen molar-refractivity contribution >= 4 is 31.7 Å². The molecule has 0 radical (unpaired) electrons. The number of allylic oxidation sites excluding steroid dienone is 4. The molecule has 7 heteroatoms. The van der Waals surface area contributed by atoms with Gasteiger partial charge in [0.1, 0.15) is 0 Å². The molecule has 1 aliphatic carbocycles. The van der Waals surface area contributed by atoms with Crippen LogP contribution >= 0.6 is 24.8 Å². The van der Waals surface area contributed by atoms with Crippen LogP contribution in [0.5, 0.6) is 0 Å². The van der Waals surface area contributed by atoms with Crippen molar-refractivity contribution < 1.29 is 33.5 Å². The molecule has 0 saturated carbocycles. The third-order valence-electron chi connectivity index (χ3n) is 0.686. The van der Waals surface area contributed by atoms with Gasteiger partial charge in [0.15, 0.2) is 0 Å². The Balaban J connectivity index is -0.0000000293. The summed E-state index contributed by atoms with van der Waals surface area (Å²) in [6, 6.07) is 0. The Hall–Kier alpha value is 1.04. The van der Waals surface area contributed by atoms with Crippen molar-refractivity contribution in [2.24, 2.45) is 0 Å². The molecule has 3 N–H and O–H groups in total. The van der Waals surface area contributed by atoms with Crippen molar-refractivity contribution in [3.05, 3.63) is 37.5 Å². The second-order valence-electron chi connectivity index (χ2n) is 3.70. The second kappa shape index (κ2) is 31.4. The zero-order chi connectivity index (χ0) is 13.4. The maximum absolute atomic E-state index is 7.62. The quantitative estimate of drug-likeness (QED) is 0.517. The molecule has 0 aromatic carbocycles. The van der Waals surface area contributed by atoms with Gasteiger partial charge in [-0.25, -0.2) is 12.2 Å². The molecule has 0 aliphatic heterocycles. The fourth-order valence-electron chi connectivity index (χ4n) is 0.340. The zero-order valence-corrected chi connectivity index (χ0v) is 17.8. The van der Waals surface area contributed by atoms with Crippen molar-refractivity contribution in [2.45, 2.75) is 32.7 Å². The van der Waals surface area contributed by atoms with Crippen molar-refractivity contribution in [1.82, 2.24) is 0 Å². The first-order chi connectivity index (χ1) is 7.41. The van der Waals surface area contributed by atoms with Gasteiger partial charge in [-0.05, 0) is 0 Å². The predicted octanol–water partition coefficient (Wildman–Crippen LogP) is 2.49. The van der Waals surface area contributed by atoms with E-state index in [0.29, 0.717) is 0 Å². The monoisotopic (exact) mass is 406 g/mol. The van der Waals surface area contributed by atoms with Gasteiger partial charge in [0.2, 0.25) is 0 Å². The third kappa shape index (κ3) is 112. The van der Waals surface area contributed by atoms with Crippen LogP contribution in [0.15, 0.2) is 18.2 Å². The molecule has 118 valence electrons. The number of aliphatic hydroxyl groups excluding tert-OH is 2. The topological polar surface area (TPSA) is 64.3 Å². The second-order valence-corrected chi connectivity index (χ2v) is 3.70. The van der Waals surface area contributed by atoms with Crippen LogP contribution in [0.3, 0.4) is 0 Å². The molecule has 0 atom stereocenters. The summed E-state index contributed by atoms with van der Waals surface area (Å²) in [5, 5.41) is 15.2. The molecule has 3 nitrogen and oxygen atoms in total. The number of hydrogen-bond donors (Lipinski definition) is 2. The van der Waals surface area contributed by atoms with Crippen LogP contribution in [0, 0.1) is 13.5 Å². The van der Waals surface area contributed by atoms with Gasteiger partial charge in [-0.1, -0.05) is 20.8 Å². The van der Waals surface area contributed by atoms with Gasteiger partial charge in [-0.2, -0.15) is 6.08 Å². The van der Waals surface area contributed by atoms with Gasteiger partial charge in [0.25, 0.3) is 0 Å².